The van der Waals surface area contributed by atoms with Gasteiger partial charge in [-0.1, -0.05) is 0 Å². The lowest BCUT2D eigenvalue weighted by molar-refractivity contribution is -0.930. The number of rotatable bonds is 5. The third kappa shape index (κ3) is 3.24. The number of hydrogen-bond donors (Lipinski definition) is 1. The SMILES string of the molecule is CCOC(=O)c1ccc2c(c1)n(C[NH+]1CCOCC1)c(=S)n2CC. The summed E-state index contributed by atoms with van der Waals surface area (Å²) < 4.78 is 15.6. The highest BCUT2D eigenvalue weighted by molar-refractivity contribution is 7.71. The van der Waals surface area contributed by atoms with Gasteiger partial charge in [-0.15, -0.1) is 0 Å². The predicted octanol–water partition coefficient (Wildman–Crippen LogP) is 1.24. The van der Waals surface area contributed by atoms with Crippen molar-refractivity contribution in [1.82, 2.24) is 9.13 Å². The van der Waals surface area contributed by atoms with Crippen molar-refractivity contribution in [2.75, 3.05) is 32.9 Å². The first-order valence-electron chi connectivity index (χ1n) is 8.47. The van der Waals surface area contributed by atoms with E-state index in [4.69, 9.17) is 21.7 Å². The highest BCUT2D eigenvalue weighted by atomic mass is 32.1. The number of fused-ring (bicyclic) bond motifs is 1. The van der Waals surface area contributed by atoms with Crippen molar-refractivity contribution in [2.45, 2.75) is 27.1 Å². The van der Waals surface area contributed by atoms with Gasteiger partial charge >= 0.3 is 5.97 Å². The second-order valence-electron chi connectivity index (χ2n) is 5.90. The van der Waals surface area contributed by atoms with Crippen LogP contribution in [-0.2, 0) is 22.7 Å². The highest BCUT2D eigenvalue weighted by Crippen LogP contribution is 2.20. The molecule has 0 spiro atoms. The molecule has 0 amide bonds. The molecule has 0 saturated carbocycles. The fourth-order valence-corrected chi connectivity index (χ4v) is 3.55. The fraction of sp³-hybridized carbons (Fsp3) is 0.529. The Balaban J connectivity index is 2.04. The summed E-state index contributed by atoms with van der Waals surface area (Å²) in [5, 5.41) is 0. The number of esters is 1. The van der Waals surface area contributed by atoms with Gasteiger partial charge in [0.05, 0.1) is 36.4 Å². The Morgan fingerprint density at radius 2 is 2.00 bits per heavy atom. The number of aromatic nitrogens is 2. The van der Waals surface area contributed by atoms with E-state index in [9.17, 15) is 4.79 Å². The zero-order valence-electron chi connectivity index (χ0n) is 14.2. The molecule has 24 heavy (non-hydrogen) atoms. The third-order valence-corrected chi connectivity index (χ3v) is 4.87. The average molecular weight is 350 g/mol. The molecule has 2 aromatic rings. The molecular weight excluding hydrogens is 326 g/mol. The van der Waals surface area contributed by atoms with Crippen molar-refractivity contribution in [2.24, 2.45) is 0 Å². The van der Waals surface area contributed by atoms with Gasteiger partial charge in [-0.05, 0) is 44.3 Å². The summed E-state index contributed by atoms with van der Waals surface area (Å²) in [5.41, 5.74) is 2.62. The predicted molar refractivity (Wildman–Crippen MR) is 93.9 cm³/mol. The molecule has 1 aliphatic rings. The van der Waals surface area contributed by atoms with Crippen molar-refractivity contribution in [1.29, 1.82) is 0 Å². The van der Waals surface area contributed by atoms with Crippen molar-refractivity contribution in [3.63, 3.8) is 0 Å². The molecule has 0 aliphatic carbocycles. The molecule has 1 N–H and O–H groups in total. The van der Waals surface area contributed by atoms with Crippen molar-refractivity contribution in [3.8, 4) is 0 Å². The Bertz CT molecular complexity index is 790. The molecule has 1 aromatic heterocycles. The Hall–Kier alpha value is -1.70. The van der Waals surface area contributed by atoms with Crippen LogP contribution in [0, 0.1) is 4.77 Å². The first-order valence-corrected chi connectivity index (χ1v) is 8.88. The standard InChI is InChI=1S/C17H23N3O3S/c1-3-19-14-6-5-13(16(21)23-4-2)11-15(14)20(17(19)24)12-18-7-9-22-10-8-18/h5-6,11H,3-4,7-10,12H2,1-2H3/p+1. The minimum absolute atomic E-state index is 0.292. The summed E-state index contributed by atoms with van der Waals surface area (Å²) in [6.45, 7) is 9.37. The lowest BCUT2D eigenvalue weighted by Gasteiger charge is -2.24. The summed E-state index contributed by atoms with van der Waals surface area (Å²) in [6.07, 6.45) is 0. The van der Waals surface area contributed by atoms with E-state index in [2.05, 4.69) is 16.1 Å². The van der Waals surface area contributed by atoms with Crippen LogP contribution in [0.1, 0.15) is 24.2 Å². The first kappa shape index (κ1) is 17.1. The number of imidazole rings is 1. The van der Waals surface area contributed by atoms with E-state index in [1.807, 2.05) is 25.1 Å². The van der Waals surface area contributed by atoms with Crippen molar-refractivity contribution < 1.29 is 19.2 Å². The molecule has 130 valence electrons. The number of aryl methyl sites for hydroxylation is 1. The van der Waals surface area contributed by atoms with Crippen LogP contribution in [0.5, 0.6) is 0 Å². The zero-order valence-corrected chi connectivity index (χ0v) is 15.0. The molecule has 0 unspecified atom stereocenters. The van der Waals surface area contributed by atoms with E-state index in [1.165, 1.54) is 4.90 Å². The third-order valence-electron chi connectivity index (χ3n) is 4.43. The fourth-order valence-electron chi connectivity index (χ4n) is 3.16. The second kappa shape index (κ2) is 7.46. The van der Waals surface area contributed by atoms with Crippen LogP contribution in [0.3, 0.4) is 0 Å². The van der Waals surface area contributed by atoms with E-state index in [1.54, 1.807) is 0 Å². The molecule has 7 heteroatoms. The number of nitrogens with zero attached hydrogens (tertiary/aromatic N) is 2. The number of hydrogen-bond acceptors (Lipinski definition) is 4. The summed E-state index contributed by atoms with van der Waals surface area (Å²) in [7, 11) is 0. The van der Waals surface area contributed by atoms with Gasteiger partial charge in [-0.3, -0.25) is 4.57 Å². The minimum atomic E-state index is -0.292. The van der Waals surface area contributed by atoms with Crippen LogP contribution in [0.25, 0.3) is 11.0 Å². The van der Waals surface area contributed by atoms with E-state index in [0.717, 1.165) is 55.3 Å². The Morgan fingerprint density at radius 3 is 2.67 bits per heavy atom. The van der Waals surface area contributed by atoms with Crippen LogP contribution < -0.4 is 4.90 Å². The van der Waals surface area contributed by atoms with Crippen LogP contribution >= 0.6 is 12.2 Å². The Kier molecular flexibility index (Phi) is 5.33. The van der Waals surface area contributed by atoms with Gasteiger partial charge in [0.1, 0.15) is 13.1 Å². The zero-order chi connectivity index (χ0) is 17.1. The molecule has 0 bridgehead atoms. The van der Waals surface area contributed by atoms with E-state index < -0.39 is 0 Å². The molecule has 3 rings (SSSR count). The maximum absolute atomic E-state index is 12.1. The Morgan fingerprint density at radius 1 is 1.25 bits per heavy atom. The number of nitrogens with one attached hydrogen (secondary N) is 1. The van der Waals surface area contributed by atoms with Crippen LogP contribution in [0.4, 0.5) is 0 Å². The largest absolute Gasteiger partial charge is 0.462 e. The van der Waals surface area contributed by atoms with Gasteiger partial charge < -0.3 is 18.9 Å². The molecule has 1 aliphatic heterocycles. The first-order chi connectivity index (χ1) is 11.7. The number of quaternary nitrogens is 1. The lowest BCUT2D eigenvalue weighted by Crippen LogP contribution is -3.13. The molecule has 1 saturated heterocycles. The van der Waals surface area contributed by atoms with Gasteiger partial charge in [-0.2, -0.15) is 0 Å². The van der Waals surface area contributed by atoms with E-state index >= 15 is 0 Å². The van der Waals surface area contributed by atoms with Crippen LogP contribution in [0.15, 0.2) is 18.2 Å². The maximum atomic E-state index is 12.1. The summed E-state index contributed by atoms with van der Waals surface area (Å²) in [4.78, 5) is 13.5. The van der Waals surface area contributed by atoms with Gasteiger partial charge in [0.2, 0.25) is 0 Å². The monoisotopic (exact) mass is 350 g/mol. The van der Waals surface area contributed by atoms with Crippen molar-refractivity contribution >= 4 is 29.2 Å². The molecule has 0 atom stereocenters. The van der Waals surface area contributed by atoms with Gasteiger partial charge in [0.15, 0.2) is 11.4 Å². The van der Waals surface area contributed by atoms with Gasteiger partial charge in [0.25, 0.3) is 0 Å². The van der Waals surface area contributed by atoms with Gasteiger partial charge in [-0.25, -0.2) is 4.79 Å². The van der Waals surface area contributed by atoms with E-state index in [-0.39, 0.29) is 5.97 Å². The molecule has 0 radical (unpaired) electrons. The second-order valence-corrected chi connectivity index (χ2v) is 6.26. The molecule has 6 nitrogen and oxygen atoms in total. The Labute approximate surface area is 146 Å². The van der Waals surface area contributed by atoms with Crippen molar-refractivity contribution in [3.05, 3.63) is 28.5 Å². The summed E-state index contributed by atoms with van der Waals surface area (Å²) in [6, 6.07) is 5.67. The smallest absolute Gasteiger partial charge is 0.338 e. The highest BCUT2D eigenvalue weighted by Gasteiger charge is 2.19. The maximum Gasteiger partial charge on any atom is 0.338 e. The summed E-state index contributed by atoms with van der Waals surface area (Å²) >= 11 is 5.69. The quantitative estimate of drug-likeness (QED) is 0.651. The average Bonchev–Trinajstić information content (AvgIpc) is 2.87. The molecular formula is C17H24N3O3S+. The number of morpholine rings is 1. The molecule has 1 aromatic carbocycles. The summed E-state index contributed by atoms with van der Waals surface area (Å²) in [5.74, 6) is -0.292. The van der Waals surface area contributed by atoms with E-state index in [0.29, 0.717) is 12.2 Å². The number of benzene rings is 1. The van der Waals surface area contributed by atoms with Crippen LogP contribution in [-0.4, -0.2) is 48.0 Å². The number of ether oxygens (including phenoxy) is 2. The lowest BCUT2D eigenvalue weighted by atomic mass is 10.2. The topological polar surface area (TPSA) is 49.8 Å². The molecule has 1 fully saturated rings. The number of carbonyl (C=O) groups is 1. The van der Waals surface area contributed by atoms with Gasteiger partial charge in [0, 0.05) is 6.54 Å². The van der Waals surface area contributed by atoms with Crippen LogP contribution in [0.2, 0.25) is 0 Å². The normalized spacial score (nSPS) is 15.8. The molecule has 2 heterocycles. The minimum Gasteiger partial charge on any atom is -0.462 e. The number of carbonyl (C=O) groups excluding carboxylic acids is 1.